The van der Waals surface area contributed by atoms with Crippen molar-refractivity contribution in [2.75, 3.05) is 20.1 Å². The Labute approximate surface area is 136 Å². The van der Waals surface area contributed by atoms with Crippen LogP contribution in [0.1, 0.15) is 29.9 Å². The Bertz CT molecular complexity index is 677. The molecule has 0 bridgehead atoms. The van der Waals surface area contributed by atoms with Gasteiger partial charge in [0.25, 0.3) is 0 Å². The number of carbonyl (C=O) groups excluding carboxylic acids is 1. The van der Waals surface area contributed by atoms with E-state index in [-0.39, 0.29) is 11.8 Å². The molecule has 1 aliphatic rings. The number of nitrogens with two attached hydrogens (primary N) is 2. The molecule has 0 saturated heterocycles. The Hall–Kier alpha value is -2.34. The van der Waals surface area contributed by atoms with E-state index >= 15 is 0 Å². The normalized spacial score (nSPS) is 17.3. The van der Waals surface area contributed by atoms with Crippen molar-refractivity contribution in [2.45, 2.75) is 25.2 Å². The van der Waals surface area contributed by atoms with Crippen molar-refractivity contribution in [1.82, 2.24) is 10.3 Å². The molecule has 2 aromatic rings. The van der Waals surface area contributed by atoms with Gasteiger partial charge in [0.15, 0.2) is 0 Å². The Morgan fingerprint density at radius 3 is 3.00 bits per heavy atom. The highest BCUT2D eigenvalue weighted by Crippen LogP contribution is 2.32. The molecule has 1 aromatic carbocycles. The number of aliphatic imine (C=N–C) groups is 1. The molecule has 1 aromatic heterocycles. The van der Waals surface area contributed by atoms with Gasteiger partial charge < -0.3 is 21.8 Å². The van der Waals surface area contributed by atoms with Crippen LogP contribution < -0.4 is 16.8 Å². The molecule has 3 rings (SSSR count). The minimum absolute atomic E-state index is 0.114. The molecule has 0 fully saturated rings. The second-order valence-corrected chi connectivity index (χ2v) is 5.37. The number of benzene rings is 1. The first kappa shape index (κ1) is 17.0. The highest BCUT2D eigenvalue weighted by Gasteiger charge is 2.25. The molecular formula is C17H25N5O. The van der Waals surface area contributed by atoms with Crippen LogP contribution in [0.4, 0.5) is 0 Å². The lowest BCUT2D eigenvalue weighted by molar-refractivity contribution is -0.122. The van der Waals surface area contributed by atoms with Crippen LogP contribution in [0.5, 0.6) is 0 Å². The van der Waals surface area contributed by atoms with Crippen LogP contribution in [-0.4, -0.2) is 37.4 Å². The SMILES string of the molecule is CN.NC=NCCCC1C(=O)NCCc2c[nH]c3cccc1c23. The first-order valence-electron chi connectivity index (χ1n) is 7.95. The molecule has 6 N–H and O–H groups in total. The number of nitrogens with zero attached hydrogens (tertiary/aromatic N) is 1. The number of hydrogen-bond donors (Lipinski definition) is 4. The summed E-state index contributed by atoms with van der Waals surface area (Å²) in [6, 6.07) is 6.15. The lowest BCUT2D eigenvalue weighted by atomic mass is 9.88. The Morgan fingerprint density at radius 1 is 1.39 bits per heavy atom. The number of rotatable bonds is 4. The average Bonchev–Trinajstić information content (AvgIpc) is 2.99. The zero-order valence-electron chi connectivity index (χ0n) is 13.5. The van der Waals surface area contributed by atoms with Gasteiger partial charge in [0.1, 0.15) is 0 Å². The maximum absolute atomic E-state index is 12.4. The fourth-order valence-corrected chi connectivity index (χ4v) is 3.11. The predicted molar refractivity (Wildman–Crippen MR) is 94.6 cm³/mol. The number of aromatic amines is 1. The third-order valence-corrected chi connectivity index (χ3v) is 4.09. The molecule has 0 radical (unpaired) electrons. The minimum atomic E-state index is -0.114. The smallest absolute Gasteiger partial charge is 0.227 e. The quantitative estimate of drug-likeness (QED) is 0.387. The molecule has 0 saturated carbocycles. The van der Waals surface area contributed by atoms with Crippen molar-refractivity contribution in [1.29, 1.82) is 0 Å². The molecular weight excluding hydrogens is 290 g/mol. The maximum Gasteiger partial charge on any atom is 0.227 e. The van der Waals surface area contributed by atoms with Crippen LogP contribution in [0.2, 0.25) is 0 Å². The van der Waals surface area contributed by atoms with E-state index < -0.39 is 0 Å². The van der Waals surface area contributed by atoms with Crippen molar-refractivity contribution >= 4 is 23.1 Å². The summed E-state index contributed by atoms with van der Waals surface area (Å²) in [7, 11) is 1.50. The zero-order chi connectivity index (χ0) is 16.7. The summed E-state index contributed by atoms with van der Waals surface area (Å²) < 4.78 is 0. The first-order valence-corrected chi connectivity index (χ1v) is 7.95. The van der Waals surface area contributed by atoms with E-state index in [1.165, 1.54) is 24.3 Å². The molecule has 0 aliphatic carbocycles. The Morgan fingerprint density at radius 2 is 2.22 bits per heavy atom. The summed E-state index contributed by atoms with van der Waals surface area (Å²) in [5.41, 5.74) is 13.3. The molecule has 1 unspecified atom stereocenters. The number of hydrogen-bond acceptors (Lipinski definition) is 3. The third-order valence-electron chi connectivity index (χ3n) is 4.09. The van der Waals surface area contributed by atoms with Gasteiger partial charge in [-0.05, 0) is 43.5 Å². The van der Waals surface area contributed by atoms with Gasteiger partial charge in [0.05, 0.1) is 12.3 Å². The maximum atomic E-state index is 12.4. The van der Waals surface area contributed by atoms with Gasteiger partial charge >= 0.3 is 0 Å². The van der Waals surface area contributed by atoms with E-state index in [0.29, 0.717) is 13.1 Å². The number of aromatic nitrogens is 1. The number of H-pyrrole nitrogens is 1. The van der Waals surface area contributed by atoms with E-state index in [0.717, 1.165) is 30.3 Å². The largest absolute Gasteiger partial charge is 0.390 e. The molecule has 6 heteroatoms. The lowest BCUT2D eigenvalue weighted by Gasteiger charge is -2.21. The summed E-state index contributed by atoms with van der Waals surface area (Å²) in [5.74, 6) is 0.00241. The number of nitrogens with one attached hydrogen (secondary N) is 2. The fraction of sp³-hybridized carbons (Fsp3) is 0.412. The van der Waals surface area contributed by atoms with Crippen molar-refractivity contribution in [2.24, 2.45) is 16.5 Å². The lowest BCUT2D eigenvalue weighted by Crippen LogP contribution is -2.32. The van der Waals surface area contributed by atoms with Crippen molar-refractivity contribution in [3.8, 4) is 0 Å². The van der Waals surface area contributed by atoms with E-state index in [9.17, 15) is 4.79 Å². The fourth-order valence-electron chi connectivity index (χ4n) is 3.11. The van der Waals surface area contributed by atoms with E-state index in [4.69, 9.17) is 5.73 Å². The van der Waals surface area contributed by atoms with Crippen LogP contribution in [-0.2, 0) is 11.2 Å². The van der Waals surface area contributed by atoms with Gasteiger partial charge in [0.2, 0.25) is 5.91 Å². The third kappa shape index (κ3) is 3.71. The van der Waals surface area contributed by atoms with Gasteiger partial charge in [-0.15, -0.1) is 0 Å². The highest BCUT2D eigenvalue weighted by molar-refractivity contribution is 5.94. The van der Waals surface area contributed by atoms with Crippen LogP contribution in [0.25, 0.3) is 10.9 Å². The van der Waals surface area contributed by atoms with Gasteiger partial charge in [-0.3, -0.25) is 9.79 Å². The molecule has 1 atom stereocenters. The summed E-state index contributed by atoms with van der Waals surface area (Å²) in [6.45, 7) is 1.35. The van der Waals surface area contributed by atoms with Crippen LogP contribution in [0, 0.1) is 0 Å². The second-order valence-electron chi connectivity index (χ2n) is 5.37. The Kier molecular flexibility index (Phi) is 6.17. The summed E-state index contributed by atoms with van der Waals surface area (Å²) in [5, 5.41) is 4.26. The second kappa shape index (κ2) is 8.33. The van der Waals surface area contributed by atoms with E-state index in [1.807, 2.05) is 6.07 Å². The van der Waals surface area contributed by atoms with Crippen molar-refractivity contribution in [3.63, 3.8) is 0 Å². The molecule has 2 heterocycles. The van der Waals surface area contributed by atoms with Gasteiger partial charge in [0, 0.05) is 30.2 Å². The molecule has 0 spiro atoms. The molecule has 1 aliphatic heterocycles. The molecule has 6 nitrogen and oxygen atoms in total. The average molecular weight is 315 g/mol. The number of carbonyl (C=O) groups is 1. The monoisotopic (exact) mass is 315 g/mol. The molecule has 23 heavy (non-hydrogen) atoms. The molecule has 124 valence electrons. The standard InChI is InChI=1S/C16H20N4O.CH5N/c17-10-18-7-2-4-13-12-3-1-5-14-15(12)11(9-20-14)6-8-19-16(13)21;1-2/h1,3,5,9-10,13,20H,2,4,6-8H2,(H2,17,18)(H,19,21);2H2,1H3. The van der Waals surface area contributed by atoms with Gasteiger partial charge in [-0.25, -0.2) is 0 Å². The summed E-state index contributed by atoms with van der Waals surface area (Å²) in [4.78, 5) is 19.7. The van der Waals surface area contributed by atoms with Crippen molar-refractivity contribution in [3.05, 3.63) is 35.5 Å². The minimum Gasteiger partial charge on any atom is -0.390 e. The summed E-state index contributed by atoms with van der Waals surface area (Å²) >= 11 is 0. The van der Waals surface area contributed by atoms with E-state index in [1.54, 1.807) is 0 Å². The van der Waals surface area contributed by atoms with Gasteiger partial charge in [-0.2, -0.15) is 0 Å². The topological polar surface area (TPSA) is 109 Å². The highest BCUT2D eigenvalue weighted by atomic mass is 16.1. The first-order chi connectivity index (χ1) is 11.3. The van der Waals surface area contributed by atoms with Crippen LogP contribution in [0.15, 0.2) is 29.4 Å². The van der Waals surface area contributed by atoms with Crippen LogP contribution in [0.3, 0.4) is 0 Å². The number of amides is 1. The van der Waals surface area contributed by atoms with E-state index in [2.05, 4.69) is 39.4 Å². The van der Waals surface area contributed by atoms with Crippen molar-refractivity contribution < 1.29 is 4.79 Å². The Balaban J connectivity index is 0.000000924. The van der Waals surface area contributed by atoms with Gasteiger partial charge in [-0.1, -0.05) is 12.1 Å². The summed E-state index contributed by atoms with van der Waals surface area (Å²) in [6.07, 6.45) is 5.88. The zero-order valence-corrected chi connectivity index (χ0v) is 13.5. The molecule has 1 amide bonds. The predicted octanol–water partition coefficient (Wildman–Crippen LogP) is 1.27. The van der Waals surface area contributed by atoms with Crippen LogP contribution >= 0.6 is 0 Å².